The molecular weight excluding hydrogens is 358 g/mol. The van der Waals surface area contributed by atoms with Crippen molar-refractivity contribution >= 4 is 45.1 Å². The van der Waals surface area contributed by atoms with E-state index in [0.29, 0.717) is 15.1 Å². The van der Waals surface area contributed by atoms with E-state index in [0.717, 1.165) is 5.56 Å². The maximum absolute atomic E-state index is 12.2. The first-order valence-electron chi connectivity index (χ1n) is 5.99. The lowest BCUT2D eigenvalue weighted by Crippen LogP contribution is -2.15. The predicted molar refractivity (Wildman–Crippen MR) is 85.2 cm³/mol. The second-order valence-electron chi connectivity index (χ2n) is 4.39. The topological polar surface area (TPSA) is 66.4 Å². The first-order chi connectivity index (χ1) is 9.90. The van der Waals surface area contributed by atoms with Crippen LogP contribution < -0.4 is 5.32 Å². The van der Waals surface area contributed by atoms with Crippen LogP contribution in [-0.4, -0.2) is 17.0 Å². The smallest absolute Gasteiger partial charge is 0.337 e. The van der Waals surface area contributed by atoms with Gasteiger partial charge in [-0.25, -0.2) is 4.79 Å². The molecule has 6 heteroatoms. The van der Waals surface area contributed by atoms with E-state index in [9.17, 15) is 14.7 Å². The number of benzene rings is 2. The van der Waals surface area contributed by atoms with Crippen molar-refractivity contribution in [3.63, 3.8) is 0 Å². The number of carboxylic acid groups (broad SMARTS) is 1. The molecule has 0 atom stereocenters. The fourth-order valence-electron chi connectivity index (χ4n) is 1.81. The van der Waals surface area contributed by atoms with E-state index in [1.807, 2.05) is 0 Å². The van der Waals surface area contributed by atoms with Gasteiger partial charge in [0, 0.05) is 4.47 Å². The highest BCUT2D eigenvalue weighted by Crippen LogP contribution is 2.24. The van der Waals surface area contributed by atoms with Crippen molar-refractivity contribution in [2.75, 3.05) is 5.32 Å². The number of amides is 1. The van der Waals surface area contributed by atoms with Crippen LogP contribution in [0, 0.1) is 6.92 Å². The molecule has 1 amide bonds. The summed E-state index contributed by atoms with van der Waals surface area (Å²) < 4.78 is 0.617. The summed E-state index contributed by atoms with van der Waals surface area (Å²) in [4.78, 5) is 23.5. The average Bonchev–Trinajstić information content (AvgIpc) is 2.43. The zero-order valence-corrected chi connectivity index (χ0v) is 13.3. The summed E-state index contributed by atoms with van der Waals surface area (Å²) >= 11 is 9.30. The first-order valence-corrected chi connectivity index (χ1v) is 7.16. The number of rotatable bonds is 3. The van der Waals surface area contributed by atoms with E-state index in [1.165, 1.54) is 12.1 Å². The second-order valence-corrected chi connectivity index (χ2v) is 5.68. The molecule has 21 heavy (non-hydrogen) atoms. The number of aromatic carboxylic acids is 1. The van der Waals surface area contributed by atoms with Gasteiger partial charge in [-0.3, -0.25) is 4.79 Å². The Labute approximate surface area is 134 Å². The van der Waals surface area contributed by atoms with Crippen LogP contribution in [0.2, 0.25) is 5.02 Å². The molecule has 0 bridgehead atoms. The molecule has 108 valence electrons. The van der Waals surface area contributed by atoms with Gasteiger partial charge in [0.15, 0.2) is 0 Å². The van der Waals surface area contributed by atoms with Crippen LogP contribution in [0.3, 0.4) is 0 Å². The van der Waals surface area contributed by atoms with Crippen molar-refractivity contribution < 1.29 is 14.7 Å². The molecule has 0 spiro atoms. The van der Waals surface area contributed by atoms with Gasteiger partial charge in [-0.1, -0.05) is 39.7 Å². The van der Waals surface area contributed by atoms with Gasteiger partial charge in [-0.15, -0.1) is 0 Å². The summed E-state index contributed by atoms with van der Waals surface area (Å²) in [5.74, 6) is -1.57. The molecule has 0 saturated carbocycles. The van der Waals surface area contributed by atoms with E-state index in [-0.39, 0.29) is 11.3 Å². The van der Waals surface area contributed by atoms with Crippen molar-refractivity contribution in [1.82, 2.24) is 0 Å². The minimum Gasteiger partial charge on any atom is -0.478 e. The average molecular weight is 369 g/mol. The quantitative estimate of drug-likeness (QED) is 0.846. The number of hydrogen-bond acceptors (Lipinski definition) is 2. The van der Waals surface area contributed by atoms with Crippen molar-refractivity contribution in [2.24, 2.45) is 0 Å². The van der Waals surface area contributed by atoms with Crippen LogP contribution in [0.1, 0.15) is 26.3 Å². The monoisotopic (exact) mass is 367 g/mol. The fourth-order valence-corrected chi connectivity index (χ4v) is 2.39. The van der Waals surface area contributed by atoms with Gasteiger partial charge in [-0.05, 0) is 36.8 Å². The summed E-state index contributed by atoms with van der Waals surface area (Å²) in [5, 5.41) is 12.1. The molecule has 0 aliphatic heterocycles. The molecule has 2 rings (SSSR count). The Hall–Kier alpha value is -1.85. The lowest BCUT2D eigenvalue weighted by Gasteiger charge is -2.10. The molecule has 0 aliphatic carbocycles. The highest BCUT2D eigenvalue weighted by atomic mass is 79.9. The van der Waals surface area contributed by atoms with Gasteiger partial charge in [-0.2, -0.15) is 0 Å². The van der Waals surface area contributed by atoms with Crippen LogP contribution >= 0.6 is 27.5 Å². The normalized spacial score (nSPS) is 10.2. The van der Waals surface area contributed by atoms with Crippen molar-refractivity contribution in [2.45, 2.75) is 6.92 Å². The number of hydrogen-bond donors (Lipinski definition) is 2. The number of halogens is 2. The van der Waals surface area contributed by atoms with E-state index in [4.69, 9.17) is 11.6 Å². The highest BCUT2D eigenvalue weighted by molar-refractivity contribution is 9.10. The Balaban J connectivity index is 2.36. The SMILES string of the molecule is Cc1cccc(C(=O)Nc2ccc(Br)cc2C(=O)O)c1Cl. The van der Waals surface area contributed by atoms with Gasteiger partial charge >= 0.3 is 5.97 Å². The van der Waals surface area contributed by atoms with Crippen LogP contribution in [0.5, 0.6) is 0 Å². The maximum atomic E-state index is 12.2. The highest BCUT2D eigenvalue weighted by Gasteiger charge is 2.16. The molecule has 2 N–H and O–H groups in total. The third-order valence-electron chi connectivity index (χ3n) is 2.90. The lowest BCUT2D eigenvalue weighted by atomic mass is 10.1. The number of carboxylic acids is 1. The number of nitrogens with one attached hydrogen (secondary N) is 1. The minimum atomic E-state index is -1.12. The summed E-state index contributed by atoms with van der Waals surface area (Å²) in [7, 11) is 0. The molecule has 0 heterocycles. The van der Waals surface area contributed by atoms with Gasteiger partial charge in [0.1, 0.15) is 0 Å². The standard InChI is InChI=1S/C15H11BrClNO3/c1-8-3-2-4-10(13(8)17)14(19)18-12-6-5-9(16)7-11(12)15(20)21/h2-7H,1H3,(H,18,19)(H,20,21). The summed E-state index contributed by atoms with van der Waals surface area (Å²) in [6.45, 7) is 1.79. The maximum Gasteiger partial charge on any atom is 0.337 e. The Bertz CT molecular complexity index is 731. The third-order valence-corrected chi connectivity index (χ3v) is 3.89. The van der Waals surface area contributed by atoms with Gasteiger partial charge in [0.2, 0.25) is 0 Å². The van der Waals surface area contributed by atoms with Crippen molar-refractivity contribution in [1.29, 1.82) is 0 Å². The Morgan fingerprint density at radius 2 is 1.90 bits per heavy atom. The summed E-state index contributed by atoms with van der Waals surface area (Å²) in [6, 6.07) is 9.70. The molecule has 0 fully saturated rings. The first kappa shape index (κ1) is 15.5. The van der Waals surface area contributed by atoms with E-state index >= 15 is 0 Å². The molecule has 2 aromatic rings. The summed E-state index contributed by atoms with van der Waals surface area (Å²) in [5.41, 5.74) is 1.30. The van der Waals surface area contributed by atoms with Crippen LogP contribution in [0.15, 0.2) is 40.9 Å². The Morgan fingerprint density at radius 3 is 2.57 bits per heavy atom. The molecule has 4 nitrogen and oxygen atoms in total. The number of aryl methyl sites for hydroxylation is 1. The molecular formula is C15H11BrClNO3. The van der Waals surface area contributed by atoms with Gasteiger partial charge < -0.3 is 10.4 Å². The van der Waals surface area contributed by atoms with Crippen molar-refractivity contribution in [3.8, 4) is 0 Å². The van der Waals surface area contributed by atoms with Crippen LogP contribution in [0.4, 0.5) is 5.69 Å². The second kappa shape index (κ2) is 6.28. The zero-order valence-electron chi connectivity index (χ0n) is 11.0. The number of carbonyl (C=O) groups is 2. The van der Waals surface area contributed by atoms with E-state index < -0.39 is 11.9 Å². The summed E-state index contributed by atoms with van der Waals surface area (Å²) in [6.07, 6.45) is 0. The van der Waals surface area contributed by atoms with E-state index in [1.54, 1.807) is 31.2 Å². The number of carbonyl (C=O) groups excluding carboxylic acids is 1. The zero-order chi connectivity index (χ0) is 15.6. The van der Waals surface area contributed by atoms with Crippen molar-refractivity contribution in [3.05, 3.63) is 62.6 Å². The molecule has 0 aliphatic rings. The van der Waals surface area contributed by atoms with Crippen LogP contribution in [-0.2, 0) is 0 Å². The van der Waals surface area contributed by atoms with Gasteiger partial charge in [0.25, 0.3) is 5.91 Å². The molecule has 0 aromatic heterocycles. The fraction of sp³-hybridized carbons (Fsp3) is 0.0667. The Morgan fingerprint density at radius 1 is 1.19 bits per heavy atom. The number of anilines is 1. The third kappa shape index (κ3) is 3.43. The van der Waals surface area contributed by atoms with Crippen LogP contribution in [0.25, 0.3) is 0 Å². The van der Waals surface area contributed by atoms with Gasteiger partial charge in [0.05, 0.1) is 21.8 Å². The molecule has 2 aromatic carbocycles. The predicted octanol–water partition coefficient (Wildman–Crippen LogP) is 4.36. The molecule has 0 radical (unpaired) electrons. The minimum absolute atomic E-state index is 0.00139. The lowest BCUT2D eigenvalue weighted by molar-refractivity contribution is 0.0698. The molecule has 0 unspecified atom stereocenters. The molecule has 0 saturated heterocycles. The largest absolute Gasteiger partial charge is 0.478 e. The Kier molecular flexibility index (Phi) is 4.65. The van der Waals surface area contributed by atoms with E-state index in [2.05, 4.69) is 21.2 Å².